The molecule has 2 N–H and O–H groups in total. The van der Waals surface area contributed by atoms with Crippen molar-refractivity contribution in [2.45, 2.75) is 44.3 Å². The Morgan fingerprint density at radius 1 is 1.13 bits per heavy atom. The van der Waals surface area contributed by atoms with Gasteiger partial charge in [-0.2, -0.15) is 0 Å². The fourth-order valence-corrected chi connectivity index (χ4v) is 5.35. The minimum atomic E-state index is -1.19. The normalized spacial score (nSPS) is 28.4. The number of anilines is 1. The van der Waals surface area contributed by atoms with Crippen LogP contribution in [0.4, 0.5) is 14.9 Å². The molecule has 3 heterocycles. The van der Waals surface area contributed by atoms with Gasteiger partial charge in [-0.3, -0.25) is 9.80 Å². The second kappa shape index (κ2) is 8.13. The third-order valence-corrected chi connectivity index (χ3v) is 6.90. The Labute approximate surface area is 182 Å². The van der Waals surface area contributed by atoms with Gasteiger partial charge in [0.1, 0.15) is 6.17 Å². The van der Waals surface area contributed by atoms with Gasteiger partial charge in [0.25, 0.3) is 0 Å². The highest BCUT2D eigenvalue weighted by atomic mass is 19.1. The van der Waals surface area contributed by atoms with E-state index in [4.69, 9.17) is 5.11 Å². The Hall–Kier alpha value is -2.64. The fraction of sp³-hybridized carbons (Fsp3) is 0.458. The first-order chi connectivity index (χ1) is 15.0. The number of likely N-dealkylation sites (tertiary alicyclic amines) is 1. The highest BCUT2D eigenvalue weighted by molar-refractivity contribution is 5.66. The molecule has 2 fully saturated rings. The van der Waals surface area contributed by atoms with Crippen LogP contribution in [0.15, 0.2) is 48.5 Å². The maximum atomic E-state index is 14.3. The maximum Gasteiger partial charge on any atom is 0.407 e. The topological polar surface area (TPSA) is 59.1 Å². The van der Waals surface area contributed by atoms with Crippen molar-refractivity contribution in [1.29, 1.82) is 0 Å². The number of carbonyl (C=O) groups is 1. The van der Waals surface area contributed by atoms with E-state index >= 15 is 0 Å². The molecule has 1 amide bonds. The second-order valence-electron chi connectivity index (χ2n) is 9.08. The molecule has 164 valence electrons. The summed E-state index contributed by atoms with van der Waals surface area (Å²) in [5.74, 6) is 0. The van der Waals surface area contributed by atoms with E-state index in [0.717, 1.165) is 36.8 Å². The fourth-order valence-electron chi connectivity index (χ4n) is 5.35. The Morgan fingerprint density at radius 3 is 2.68 bits per heavy atom. The molecule has 7 heteroatoms. The van der Waals surface area contributed by atoms with Crippen LogP contribution in [0.5, 0.6) is 0 Å². The van der Waals surface area contributed by atoms with Crippen LogP contribution in [0, 0.1) is 0 Å². The summed E-state index contributed by atoms with van der Waals surface area (Å²) < 4.78 is 14.3. The van der Waals surface area contributed by atoms with E-state index in [9.17, 15) is 9.18 Å². The van der Waals surface area contributed by atoms with Crippen LogP contribution >= 0.6 is 0 Å². The summed E-state index contributed by atoms with van der Waals surface area (Å²) in [6.45, 7) is 6.31. The Balaban J connectivity index is 1.29. The van der Waals surface area contributed by atoms with Gasteiger partial charge >= 0.3 is 6.09 Å². The summed E-state index contributed by atoms with van der Waals surface area (Å²) in [6, 6.07) is 17.2. The first-order valence-corrected chi connectivity index (χ1v) is 11.0. The average Bonchev–Trinajstić information content (AvgIpc) is 3.30. The summed E-state index contributed by atoms with van der Waals surface area (Å²) in [6.07, 6.45) is -2.26. The number of amides is 1. The number of nitrogens with zero attached hydrogens (tertiary/aromatic N) is 3. The third-order valence-electron chi connectivity index (χ3n) is 6.90. The van der Waals surface area contributed by atoms with Gasteiger partial charge in [0.15, 0.2) is 0 Å². The lowest BCUT2D eigenvalue weighted by Crippen LogP contribution is -2.50. The highest BCUT2D eigenvalue weighted by Gasteiger charge is 2.39. The van der Waals surface area contributed by atoms with E-state index in [1.807, 2.05) is 6.07 Å². The van der Waals surface area contributed by atoms with Gasteiger partial charge in [0, 0.05) is 50.5 Å². The van der Waals surface area contributed by atoms with E-state index in [-0.39, 0.29) is 13.1 Å². The molecule has 5 rings (SSSR count). The average molecular weight is 425 g/mol. The molecule has 31 heavy (non-hydrogen) atoms. The molecular formula is C24H29FN4O2. The minimum absolute atomic E-state index is 0.0669. The van der Waals surface area contributed by atoms with Crippen LogP contribution in [0.1, 0.15) is 29.7 Å². The Kier molecular flexibility index (Phi) is 5.32. The van der Waals surface area contributed by atoms with Crippen LogP contribution in [0.2, 0.25) is 0 Å². The number of benzene rings is 2. The van der Waals surface area contributed by atoms with Crippen molar-refractivity contribution in [3.05, 3.63) is 65.2 Å². The summed E-state index contributed by atoms with van der Waals surface area (Å²) in [4.78, 5) is 17.4. The van der Waals surface area contributed by atoms with Crippen molar-refractivity contribution < 1.29 is 14.3 Å². The van der Waals surface area contributed by atoms with Crippen molar-refractivity contribution in [2.75, 3.05) is 31.5 Å². The van der Waals surface area contributed by atoms with E-state index in [2.05, 4.69) is 64.5 Å². The predicted molar refractivity (Wildman–Crippen MR) is 118 cm³/mol. The van der Waals surface area contributed by atoms with Crippen molar-refractivity contribution in [2.24, 2.45) is 0 Å². The van der Waals surface area contributed by atoms with Gasteiger partial charge < -0.3 is 15.3 Å². The lowest BCUT2D eigenvalue weighted by molar-refractivity contribution is 0.0339. The molecule has 0 aromatic heterocycles. The first-order valence-electron chi connectivity index (χ1n) is 11.0. The molecule has 0 bridgehead atoms. The third kappa shape index (κ3) is 4.00. The zero-order valence-electron chi connectivity index (χ0n) is 17.7. The van der Waals surface area contributed by atoms with E-state index in [1.165, 1.54) is 16.7 Å². The lowest BCUT2D eigenvalue weighted by atomic mass is 10.0. The van der Waals surface area contributed by atoms with Crippen LogP contribution in [0.25, 0.3) is 0 Å². The van der Waals surface area contributed by atoms with Crippen molar-refractivity contribution in [1.82, 2.24) is 14.7 Å². The van der Waals surface area contributed by atoms with Crippen LogP contribution in [-0.2, 0) is 13.1 Å². The zero-order chi connectivity index (χ0) is 21.5. The van der Waals surface area contributed by atoms with E-state index in [0.29, 0.717) is 12.1 Å². The van der Waals surface area contributed by atoms with Crippen LogP contribution < -0.4 is 5.32 Å². The number of rotatable bonds is 4. The maximum absolute atomic E-state index is 14.3. The molecule has 6 nitrogen and oxygen atoms in total. The molecule has 2 aromatic carbocycles. The largest absolute Gasteiger partial charge is 0.465 e. The molecule has 0 unspecified atom stereocenters. The minimum Gasteiger partial charge on any atom is -0.465 e. The van der Waals surface area contributed by atoms with Gasteiger partial charge in [0.05, 0.1) is 12.6 Å². The molecule has 0 spiro atoms. The number of hydrogen-bond donors (Lipinski definition) is 2. The molecule has 3 aliphatic heterocycles. The van der Waals surface area contributed by atoms with Gasteiger partial charge in [-0.25, -0.2) is 9.18 Å². The van der Waals surface area contributed by atoms with Gasteiger partial charge in [0.2, 0.25) is 0 Å². The number of halogens is 1. The van der Waals surface area contributed by atoms with Crippen molar-refractivity contribution >= 4 is 11.8 Å². The molecule has 2 saturated heterocycles. The first kappa shape index (κ1) is 20.3. The summed E-state index contributed by atoms with van der Waals surface area (Å²) in [5, 5.41) is 12.4. The van der Waals surface area contributed by atoms with E-state index < -0.39 is 18.3 Å². The Morgan fingerprint density at radius 2 is 1.94 bits per heavy atom. The van der Waals surface area contributed by atoms with Gasteiger partial charge in [-0.1, -0.05) is 36.4 Å². The molecule has 0 radical (unpaired) electrons. The van der Waals surface area contributed by atoms with Gasteiger partial charge in [-0.05, 0) is 35.7 Å². The highest BCUT2D eigenvalue weighted by Crippen LogP contribution is 2.40. The molecule has 4 atom stereocenters. The number of nitrogens with one attached hydrogen (secondary N) is 1. The molecule has 3 aliphatic rings. The molecule has 0 saturated carbocycles. The SMILES string of the molecule is C[C@@H]1CN(Cc2ccccc2)C[C@@H]2c3ccc(N[C@H]4CN(C(=O)O)C[C@H]4F)cc3CN12. The number of alkyl halides is 1. The monoisotopic (exact) mass is 424 g/mol. The smallest absolute Gasteiger partial charge is 0.407 e. The van der Waals surface area contributed by atoms with Crippen molar-refractivity contribution in [3.63, 3.8) is 0 Å². The number of carboxylic acid groups (broad SMARTS) is 1. The van der Waals surface area contributed by atoms with Crippen molar-refractivity contribution in [3.8, 4) is 0 Å². The standard InChI is InChI=1S/C24H29FN4O2/c1-16-10-27(11-17-5-3-2-4-6-17)15-23-20-8-7-19(9-18(20)12-29(16)23)26-22-14-28(24(30)31)13-21(22)25/h2-9,16,21-23,26H,10-15H2,1H3,(H,30,31)/t16-,21-,22+,23-/m1/s1. The molecule has 2 aromatic rings. The van der Waals surface area contributed by atoms with Crippen LogP contribution in [-0.4, -0.2) is 70.3 Å². The van der Waals surface area contributed by atoms with Gasteiger partial charge in [-0.15, -0.1) is 0 Å². The number of hydrogen-bond acceptors (Lipinski definition) is 4. The number of fused-ring (bicyclic) bond motifs is 3. The summed E-state index contributed by atoms with van der Waals surface area (Å²) >= 11 is 0. The quantitative estimate of drug-likeness (QED) is 0.786. The summed E-state index contributed by atoms with van der Waals surface area (Å²) in [5.41, 5.74) is 4.85. The lowest BCUT2D eigenvalue weighted by Gasteiger charge is -2.42. The number of piperazine rings is 1. The Bertz CT molecular complexity index is 956. The molecule has 0 aliphatic carbocycles. The van der Waals surface area contributed by atoms with Crippen LogP contribution in [0.3, 0.4) is 0 Å². The molecular weight excluding hydrogens is 395 g/mol. The second-order valence-corrected chi connectivity index (χ2v) is 9.08. The predicted octanol–water partition coefficient (Wildman–Crippen LogP) is 3.56. The van der Waals surface area contributed by atoms with E-state index in [1.54, 1.807) is 0 Å². The summed E-state index contributed by atoms with van der Waals surface area (Å²) in [7, 11) is 0. The zero-order valence-corrected chi connectivity index (χ0v) is 17.7.